The van der Waals surface area contributed by atoms with Crippen molar-refractivity contribution in [3.8, 4) is 5.75 Å². The Kier molecular flexibility index (Phi) is 3.88. The molecule has 0 saturated carbocycles. The quantitative estimate of drug-likeness (QED) is 0.776. The molecule has 108 valence electrons. The number of carbonyl (C=O) groups excluding carboxylic acids is 1. The van der Waals surface area contributed by atoms with Crippen molar-refractivity contribution in [3.63, 3.8) is 0 Å². The molecule has 0 radical (unpaired) electrons. The molecule has 0 aliphatic carbocycles. The fraction of sp³-hybridized carbons (Fsp3) is 0.235. The van der Waals surface area contributed by atoms with Gasteiger partial charge in [0.2, 0.25) is 0 Å². The van der Waals surface area contributed by atoms with E-state index in [2.05, 4.69) is 30.0 Å². The highest BCUT2D eigenvalue weighted by molar-refractivity contribution is 7.99. The zero-order chi connectivity index (χ0) is 14.8. The van der Waals surface area contributed by atoms with Gasteiger partial charge in [0.1, 0.15) is 5.75 Å². The zero-order valence-corrected chi connectivity index (χ0v) is 12.9. The predicted octanol–water partition coefficient (Wildman–Crippen LogP) is 4.52. The number of hydrogen-bond acceptors (Lipinski definition) is 4. The number of fused-ring (bicyclic) bond motifs is 2. The van der Waals surface area contributed by atoms with Gasteiger partial charge in [-0.3, -0.25) is 4.79 Å². The van der Waals surface area contributed by atoms with Crippen molar-refractivity contribution in [2.45, 2.75) is 23.1 Å². The largest absolute Gasteiger partial charge is 0.496 e. The lowest BCUT2D eigenvalue weighted by Gasteiger charge is -2.33. The van der Waals surface area contributed by atoms with Crippen LogP contribution in [-0.2, 0) is 0 Å². The minimum absolute atomic E-state index is 0.597. The Morgan fingerprint density at radius 2 is 2.00 bits per heavy atom. The Labute approximate surface area is 128 Å². The Morgan fingerprint density at radius 1 is 1.19 bits per heavy atom. The molecule has 2 aromatic carbocycles. The molecule has 1 aliphatic heterocycles. The van der Waals surface area contributed by atoms with Crippen LogP contribution < -0.4 is 9.64 Å². The van der Waals surface area contributed by atoms with Gasteiger partial charge in [-0.25, -0.2) is 0 Å². The molecule has 0 atom stereocenters. The lowest BCUT2D eigenvalue weighted by molar-refractivity contribution is 0.112. The summed E-state index contributed by atoms with van der Waals surface area (Å²) in [4.78, 5) is 15.9. The molecular formula is C17H17NO2S. The molecule has 0 aromatic heterocycles. The van der Waals surface area contributed by atoms with Crippen LogP contribution in [0.2, 0.25) is 0 Å². The van der Waals surface area contributed by atoms with E-state index in [1.165, 1.54) is 10.6 Å². The number of rotatable bonds is 4. The van der Waals surface area contributed by atoms with E-state index in [1.807, 2.05) is 18.2 Å². The fourth-order valence-corrected chi connectivity index (χ4v) is 3.73. The van der Waals surface area contributed by atoms with Gasteiger partial charge in [0.25, 0.3) is 0 Å². The van der Waals surface area contributed by atoms with Crippen LogP contribution in [-0.4, -0.2) is 19.9 Å². The van der Waals surface area contributed by atoms with Gasteiger partial charge >= 0.3 is 0 Å². The Balaban J connectivity index is 2.17. The van der Waals surface area contributed by atoms with Crippen LogP contribution in [0.15, 0.2) is 46.2 Å². The van der Waals surface area contributed by atoms with E-state index in [9.17, 15) is 4.79 Å². The van der Waals surface area contributed by atoms with Gasteiger partial charge in [-0.2, -0.15) is 0 Å². The second-order valence-electron chi connectivity index (χ2n) is 4.90. The molecule has 3 rings (SSSR count). The molecular weight excluding hydrogens is 282 g/mol. The van der Waals surface area contributed by atoms with E-state index >= 15 is 0 Å². The standard InChI is InChI=1S/C17H17NO2S/c1-3-8-18-13-6-4-5-7-16(13)21-17-9-12(11-19)15(20-2)10-14(17)18/h4-7,9-11H,3,8H2,1-2H3. The summed E-state index contributed by atoms with van der Waals surface area (Å²) in [5, 5.41) is 0. The van der Waals surface area contributed by atoms with Gasteiger partial charge in [-0.1, -0.05) is 30.8 Å². The second-order valence-corrected chi connectivity index (χ2v) is 5.98. The minimum Gasteiger partial charge on any atom is -0.496 e. The second kappa shape index (κ2) is 5.82. The highest BCUT2D eigenvalue weighted by Crippen LogP contribution is 2.49. The normalized spacial score (nSPS) is 12.6. The van der Waals surface area contributed by atoms with E-state index in [-0.39, 0.29) is 0 Å². The maximum Gasteiger partial charge on any atom is 0.153 e. The van der Waals surface area contributed by atoms with Gasteiger partial charge in [-0.15, -0.1) is 0 Å². The van der Waals surface area contributed by atoms with Gasteiger partial charge in [0, 0.05) is 22.4 Å². The van der Waals surface area contributed by atoms with E-state index in [1.54, 1.807) is 18.9 Å². The molecule has 0 unspecified atom stereocenters. The summed E-state index contributed by atoms with van der Waals surface area (Å²) in [6.07, 6.45) is 1.90. The molecule has 0 fully saturated rings. The van der Waals surface area contributed by atoms with Gasteiger partial charge < -0.3 is 9.64 Å². The maximum absolute atomic E-state index is 11.2. The molecule has 2 aromatic rings. The SMILES string of the molecule is CCCN1c2ccccc2Sc2cc(C=O)c(OC)cc21. The minimum atomic E-state index is 0.597. The first-order valence-electron chi connectivity index (χ1n) is 7.00. The van der Waals surface area contributed by atoms with Crippen LogP contribution in [0.4, 0.5) is 11.4 Å². The zero-order valence-electron chi connectivity index (χ0n) is 12.1. The van der Waals surface area contributed by atoms with Crippen LogP contribution in [0.3, 0.4) is 0 Å². The number of methoxy groups -OCH3 is 1. The van der Waals surface area contributed by atoms with Crippen LogP contribution in [0.5, 0.6) is 5.75 Å². The van der Waals surface area contributed by atoms with Crippen LogP contribution in [0.25, 0.3) is 0 Å². The Hall–Kier alpha value is -1.94. The fourth-order valence-electron chi connectivity index (χ4n) is 2.61. The molecule has 4 heteroatoms. The maximum atomic E-state index is 11.2. The molecule has 0 N–H and O–H groups in total. The highest BCUT2D eigenvalue weighted by atomic mass is 32.2. The first kappa shape index (κ1) is 14.0. The van der Waals surface area contributed by atoms with E-state index in [4.69, 9.17) is 4.74 Å². The average molecular weight is 299 g/mol. The first-order valence-corrected chi connectivity index (χ1v) is 7.81. The molecule has 3 nitrogen and oxygen atoms in total. The monoisotopic (exact) mass is 299 g/mol. The van der Waals surface area contributed by atoms with Crippen molar-refractivity contribution >= 4 is 29.4 Å². The van der Waals surface area contributed by atoms with Crippen molar-refractivity contribution in [2.24, 2.45) is 0 Å². The van der Waals surface area contributed by atoms with Crippen molar-refractivity contribution in [2.75, 3.05) is 18.6 Å². The summed E-state index contributed by atoms with van der Waals surface area (Å²) in [7, 11) is 1.60. The summed E-state index contributed by atoms with van der Waals surface area (Å²) >= 11 is 1.70. The Bertz CT molecular complexity index is 684. The van der Waals surface area contributed by atoms with Crippen molar-refractivity contribution in [1.29, 1.82) is 0 Å². The van der Waals surface area contributed by atoms with Gasteiger partial charge in [-0.05, 0) is 24.6 Å². The number of para-hydroxylation sites is 1. The topological polar surface area (TPSA) is 29.5 Å². The predicted molar refractivity (Wildman–Crippen MR) is 86.2 cm³/mol. The van der Waals surface area contributed by atoms with Crippen molar-refractivity contribution < 1.29 is 9.53 Å². The van der Waals surface area contributed by atoms with Gasteiger partial charge in [0.15, 0.2) is 6.29 Å². The lowest BCUT2D eigenvalue weighted by atomic mass is 10.1. The number of aldehydes is 1. The van der Waals surface area contributed by atoms with Crippen LogP contribution in [0.1, 0.15) is 23.7 Å². The summed E-state index contributed by atoms with van der Waals surface area (Å²) in [5.41, 5.74) is 2.93. The van der Waals surface area contributed by atoms with Crippen LogP contribution in [0, 0.1) is 0 Å². The number of ether oxygens (including phenoxy) is 1. The van der Waals surface area contributed by atoms with Crippen molar-refractivity contribution in [1.82, 2.24) is 0 Å². The molecule has 1 aliphatic rings. The molecule has 0 bridgehead atoms. The Morgan fingerprint density at radius 3 is 2.71 bits per heavy atom. The lowest BCUT2D eigenvalue weighted by Crippen LogP contribution is -2.21. The highest BCUT2D eigenvalue weighted by Gasteiger charge is 2.24. The van der Waals surface area contributed by atoms with Gasteiger partial charge in [0.05, 0.1) is 24.0 Å². The number of nitrogens with zero attached hydrogens (tertiary/aromatic N) is 1. The molecule has 0 amide bonds. The van der Waals surface area contributed by atoms with E-state index in [0.29, 0.717) is 11.3 Å². The third-order valence-electron chi connectivity index (χ3n) is 3.55. The number of carbonyl (C=O) groups is 1. The third-order valence-corrected chi connectivity index (χ3v) is 4.66. The number of benzene rings is 2. The first-order chi connectivity index (χ1) is 10.3. The summed E-state index contributed by atoms with van der Waals surface area (Å²) in [6.45, 7) is 3.11. The molecule has 1 heterocycles. The van der Waals surface area contributed by atoms with Crippen LogP contribution >= 0.6 is 11.8 Å². The molecule has 0 spiro atoms. The summed E-state index contributed by atoms with van der Waals surface area (Å²) in [6, 6.07) is 12.3. The number of anilines is 2. The van der Waals surface area contributed by atoms with E-state index < -0.39 is 0 Å². The summed E-state index contributed by atoms with van der Waals surface area (Å²) < 4.78 is 5.35. The smallest absolute Gasteiger partial charge is 0.153 e. The average Bonchev–Trinajstić information content (AvgIpc) is 2.53. The molecule has 0 saturated heterocycles. The van der Waals surface area contributed by atoms with Crippen molar-refractivity contribution in [3.05, 3.63) is 42.0 Å². The molecule has 21 heavy (non-hydrogen) atoms. The summed E-state index contributed by atoms with van der Waals surface area (Å²) in [5.74, 6) is 0.629. The van der Waals surface area contributed by atoms with E-state index in [0.717, 1.165) is 29.8 Å². The third kappa shape index (κ3) is 2.40. The number of hydrogen-bond donors (Lipinski definition) is 0.